The Hall–Kier alpha value is -4.05. The summed E-state index contributed by atoms with van der Waals surface area (Å²) in [5.74, 6) is -0.534. The van der Waals surface area contributed by atoms with Gasteiger partial charge >= 0.3 is 12.2 Å². The summed E-state index contributed by atoms with van der Waals surface area (Å²) in [6, 6.07) is 9.52. The maximum absolute atomic E-state index is 12.4. The van der Waals surface area contributed by atoms with Crippen LogP contribution in [0.15, 0.2) is 43.0 Å². The molecular weight excluding hydrogens is 608 g/mol. The van der Waals surface area contributed by atoms with Gasteiger partial charge in [-0.15, -0.1) is 0 Å². The molecule has 1 aromatic carbocycles. The molecule has 2 aliphatic heterocycles. The van der Waals surface area contributed by atoms with Crippen LogP contribution in [0.2, 0.25) is 0 Å². The number of rotatable bonds is 13. The largest absolute Gasteiger partial charge is 0.445 e. The van der Waals surface area contributed by atoms with Crippen molar-refractivity contribution < 1.29 is 33.3 Å². The van der Waals surface area contributed by atoms with Crippen LogP contribution in [0.3, 0.4) is 0 Å². The average molecular weight is 655 g/mol. The molecule has 15 nitrogen and oxygen atoms in total. The fourth-order valence-electron chi connectivity index (χ4n) is 5.69. The Bertz CT molecular complexity index is 1500. The number of nitrogens with two attached hydrogens (primary N) is 1. The van der Waals surface area contributed by atoms with Crippen LogP contribution in [-0.2, 0) is 30.3 Å². The number of aromatic nitrogens is 4. The number of nitrogens with one attached hydrogen (secondary N) is 2. The van der Waals surface area contributed by atoms with Gasteiger partial charge in [0, 0.05) is 26.2 Å². The zero-order valence-electron chi connectivity index (χ0n) is 27.7. The molecule has 4 N–H and O–H groups in total. The van der Waals surface area contributed by atoms with Gasteiger partial charge < -0.3 is 40.1 Å². The number of carbonyl (C=O) groups excluding carboxylic acids is 2. The van der Waals surface area contributed by atoms with Gasteiger partial charge in [-0.2, -0.15) is 0 Å². The van der Waals surface area contributed by atoms with Gasteiger partial charge in [0.1, 0.15) is 42.4 Å². The van der Waals surface area contributed by atoms with Crippen LogP contribution in [0.5, 0.6) is 0 Å². The van der Waals surface area contributed by atoms with E-state index < -0.39 is 35.9 Å². The summed E-state index contributed by atoms with van der Waals surface area (Å²) in [6.07, 6.45) is 1.90. The Morgan fingerprint density at radius 3 is 2.51 bits per heavy atom. The molecule has 47 heavy (non-hydrogen) atoms. The average Bonchev–Trinajstić information content (AvgIpc) is 3.67. The Balaban J connectivity index is 1.22. The predicted octanol–water partition coefficient (Wildman–Crippen LogP) is 3.36. The first-order valence-corrected chi connectivity index (χ1v) is 16.0. The molecule has 15 heteroatoms. The number of fused-ring (bicyclic) bond motifs is 2. The van der Waals surface area contributed by atoms with Gasteiger partial charge in [-0.1, -0.05) is 30.3 Å². The number of amides is 2. The van der Waals surface area contributed by atoms with Gasteiger partial charge in [-0.05, 0) is 59.6 Å². The van der Waals surface area contributed by atoms with Gasteiger partial charge in [0.25, 0.3) is 0 Å². The van der Waals surface area contributed by atoms with Crippen molar-refractivity contribution in [2.24, 2.45) is 0 Å². The number of benzene rings is 1. The SMILES string of the molecule is CC(C)(C)OC(=O)NCCCCN(CCNC(=O)OCc1ccccc1)C[C@H]1O[C@@H](n2cnc3c(N)ncnc32)[C@@H]2OC(C)(C)O[C@@H]21. The van der Waals surface area contributed by atoms with Crippen LogP contribution in [0.25, 0.3) is 11.2 Å². The quantitative estimate of drug-likeness (QED) is 0.229. The molecule has 0 bridgehead atoms. The first-order valence-electron chi connectivity index (χ1n) is 16.0. The van der Waals surface area contributed by atoms with E-state index in [-0.39, 0.29) is 24.6 Å². The van der Waals surface area contributed by atoms with Crippen molar-refractivity contribution in [3.05, 3.63) is 48.5 Å². The van der Waals surface area contributed by atoms with E-state index in [9.17, 15) is 9.59 Å². The molecule has 2 aliphatic rings. The van der Waals surface area contributed by atoms with Crippen molar-refractivity contribution in [2.75, 3.05) is 38.5 Å². The minimum Gasteiger partial charge on any atom is -0.445 e. The maximum Gasteiger partial charge on any atom is 0.407 e. The molecule has 4 heterocycles. The van der Waals surface area contributed by atoms with E-state index in [1.54, 1.807) is 6.33 Å². The molecular formula is C32H46N8O7. The van der Waals surface area contributed by atoms with Crippen LogP contribution in [-0.4, -0.2) is 99.0 Å². The number of hydrogen-bond acceptors (Lipinski definition) is 12. The highest BCUT2D eigenvalue weighted by Gasteiger charge is 2.56. The second-order valence-electron chi connectivity index (χ2n) is 13.1. The highest BCUT2D eigenvalue weighted by Crippen LogP contribution is 2.44. The normalized spacial score (nSPS) is 21.9. The van der Waals surface area contributed by atoms with E-state index in [0.29, 0.717) is 43.9 Å². The molecule has 5 rings (SSSR count). The molecule has 2 amide bonds. The van der Waals surface area contributed by atoms with Gasteiger partial charge in [0.2, 0.25) is 0 Å². The highest BCUT2D eigenvalue weighted by molar-refractivity contribution is 5.81. The Labute approximate surface area is 274 Å². The summed E-state index contributed by atoms with van der Waals surface area (Å²) in [7, 11) is 0. The first-order chi connectivity index (χ1) is 22.4. The van der Waals surface area contributed by atoms with Crippen molar-refractivity contribution in [3.8, 4) is 0 Å². The van der Waals surface area contributed by atoms with Gasteiger partial charge in [-0.25, -0.2) is 24.5 Å². The Morgan fingerprint density at radius 2 is 1.74 bits per heavy atom. The first kappa shape index (κ1) is 34.3. The second-order valence-corrected chi connectivity index (χ2v) is 13.1. The summed E-state index contributed by atoms with van der Waals surface area (Å²) >= 11 is 0. The summed E-state index contributed by atoms with van der Waals surface area (Å²) in [5, 5.41) is 5.66. The molecule has 0 aliphatic carbocycles. The van der Waals surface area contributed by atoms with Crippen LogP contribution in [0.1, 0.15) is 59.3 Å². The van der Waals surface area contributed by atoms with Gasteiger partial charge in [0.05, 0.1) is 6.33 Å². The molecule has 3 aromatic rings. The summed E-state index contributed by atoms with van der Waals surface area (Å²) < 4.78 is 31.8. The molecule has 0 saturated carbocycles. The lowest BCUT2D eigenvalue weighted by Gasteiger charge is -2.29. The predicted molar refractivity (Wildman–Crippen MR) is 172 cm³/mol. The number of alkyl carbamates (subject to hydrolysis) is 2. The minimum absolute atomic E-state index is 0.189. The van der Waals surface area contributed by atoms with E-state index in [1.807, 2.05) is 69.5 Å². The van der Waals surface area contributed by atoms with Crippen molar-refractivity contribution >= 4 is 29.2 Å². The number of hydrogen-bond donors (Lipinski definition) is 3. The molecule has 0 unspecified atom stereocenters. The maximum atomic E-state index is 12.4. The van der Waals surface area contributed by atoms with Crippen molar-refractivity contribution in [1.29, 1.82) is 0 Å². The number of imidazole rings is 1. The van der Waals surface area contributed by atoms with E-state index in [0.717, 1.165) is 18.4 Å². The fraction of sp³-hybridized carbons (Fsp3) is 0.594. The zero-order valence-corrected chi connectivity index (χ0v) is 27.7. The number of unbranched alkanes of at least 4 members (excludes halogenated alkanes) is 1. The number of ether oxygens (including phenoxy) is 5. The zero-order chi connectivity index (χ0) is 33.6. The van der Waals surface area contributed by atoms with E-state index in [1.165, 1.54) is 6.33 Å². The third-order valence-electron chi connectivity index (χ3n) is 7.70. The van der Waals surface area contributed by atoms with E-state index in [2.05, 4.69) is 30.5 Å². The number of carbonyl (C=O) groups is 2. The fourth-order valence-corrected chi connectivity index (χ4v) is 5.69. The standard InChI is InChI=1S/C32H46N8O7/c1-31(2,3)47-30(42)34-13-9-10-15-39(16-14-35-29(41)43-18-21-11-7-6-8-12-21)17-22-24-25(46-32(4,5)45-24)28(44-22)40-20-38-23-26(33)36-19-37-27(23)40/h6-8,11-12,19-20,22,24-25,28H,9-10,13-18H2,1-5H3,(H,34,42)(H,35,41)(H2,33,36,37)/t22-,24-,25-,28-/m1/s1. The molecule has 2 fully saturated rings. The Morgan fingerprint density at radius 1 is 1.00 bits per heavy atom. The van der Waals surface area contributed by atoms with Crippen molar-refractivity contribution in [1.82, 2.24) is 35.1 Å². The molecule has 256 valence electrons. The Kier molecular flexibility index (Phi) is 10.8. The summed E-state index contributed by atoms with van der Waals surface area (Å²) in [5.41, 5.74) is 7.42. The van der Waals surface area contributed by atoms with Gasteiger partial charge in [-0.3, -0.25) is 9.47 Å². The monoisotopic (exact) mass is 654 g/mol. The minimum atomic E-state index is -0.817. The molecule has 4 atom stereocenters. The van der Waals surface area contributed by atoms with Crippen LogP contribution in [0, 0.1) is 0 Å². The van der Waals surface area contributed by atoms with Crippen LogP contribution < -0.4 is 16.4 Å². The summed E-state index contributed by atoms with van der Waals surface area (Å²) in [4.78, 5) is 39.6. The number of nitrogens with zero attached hydrogens (tertiary/aromatic N) is 5. The van der Waals surface area contributed by atoms with Crippen molar-refractivity contribution in [2.45, 2.75) is 90.0 Å². The third-order valence-corrected chi connectivity index (χ3v) is 7.70. The molecule has 0 spiro atoms. The van der Waals surface area contributed by atoms with Gasteiger partial charge in [0.15, 0.2) is 23.5 Å². The lowest BCUT2D eigenvalue weighted by Crippen LogP contribution is -2.43. The van der Waals surface area contributed by atoms with Crippen LogP contribution in [0.4, 0.5) is 15.4 Å². The molecule has 2 saturated heterocycles. The smallest absolute Gasteiger partial charge is 0.407 e. The van der Waals surface area contributed by atoms with E-state index in [4.69, 9.17) is 29.4 Å². The van der Waals surface area contributed by atoms with Crippen LogP contribution >= 0.6 is 0 Å². The van der Waals surface area contributed by atoms with Crippen molar-refractivity contribution in [3.63, 3.8) is 0 Å². The third kappa shape index (κ3) is 9.28. The number of anilines is 1. The summed E-state index contributed by atoms with van der Waals surface area (Å²) in [6.45, 7) is 12.0. The topological polar surface area (TPSA) is 177 Å². The lowest BCUT2D eigenvalue weighted by molar-refractivity contribution is -0.198. The number of nitrogen functional groups attached to an aromatic ring is 1. The molecule has 2 aromatic heterocycles. The second kappa shape index (κ2) is 14.8. The highest BCUT2D eigenvalue weighted by atomic mass is 16.8. The lowest BCUT2D eigenvalue weighted by atomic mass is 10.1. The van der Waals surface area contributed by atoms with E-state index >= 15 is 0 Å². The molecule has 0 radical (unpaired) electrons.